The molecule has 4 aromatic heterocycles. The lowest BCUT2D eigenvalue weighted by Gasteiger charge is -2.31. The Morgan fingerprint density at radius 1 is 0.314 bits per heavy atom. The summed E-state index contributed by atoms with van der Waals surface area (Å²) in [6.07, 6.45) is 1.75. The maximum atomic E-state index is 13.2. The van der Waals surface area contributed by atoms with Gasteiger partial charge in [0.05, 0.1) is 77.4 Å². The van der Waals surface area contributed by atoms with Crippen molar-refractivity contribution in [3.8, 4) is 68.0 Å². The average molecular weight is 1870 g/mol. The number of pyridine rings is 4. The number of carbonyl (C=O) groups is 12. The van der Waals surface area contributed by atoms with Crippen molar-refractivity contribution in [2.75, 3.05) is 66.1 Å². The van der Waals surface area contributed by atoms with Crippen LogP contribution in [0.3, 0.4) is 0 Å². The minimum absolute atomic E-state index is 0.00242. The summed E-state index contributed by atoms with van der Waals surface area (Å²) in [5, 5.41) is 24.2. The highest BCUT2D eigenvalue weighted by Gasteiger charge is 2.55. The lowest BCUT2D eigenvalue weighted by atomic mass is 9.88. The zero-order valence-electron chi connectivity index (χ0n) is 76.3. The molecule has 140 heavy (non-hydrogen) atoms. The third-order valence-corrected chi connectivity index (χ3v) is 26.2. The number of rotatable bonds is 20. The van der Waals surface area contributed by atoms with Gasteiger partial charge >= 0.3 is 24.1 Å². The lowest BCUT2D eigenvalue weighted by molar-refractivity contribution is -0.125. The van der Waals surface area contributed by atoms with Crippen LogP contribution in [0, 0.1) is 13.8 Å². The minimum Gasteiger partial charge on any atom is -0.497 e. The van der Waals surface area contributed by atoms with E-state index in [9.17, 15) is 57.5 Å². The second-order valence-corrected chi connectivity index (χ2v) is 34.9. The van der Waals surface area contributed by atoms with Crippen LogP contribution in [-0.4, -0.2) is 166 Å². The first-order valence-electron chi connectivity index (χ1n) is 44.5. The Morgan fingerprint density at radius 3 is 0.900 bits per heavy atom. The molecule has 22 rings (SSSR count). The minimum atomic E-state index is -1.44. The average Bonchev–Trinajstić information content (AvgIpc) is 1.59. The molecule has 0 bridgehead atoms. The molecular formula is C106H90N18O16. The second kappa shape index (κ2) is 36.5. The van der Waals surface area contributed by atoms with Gasteiger partial charge in [0.15, 0.2) is 22.2 Å². The van der Waals surface area contributed by atoms with Gasteiger partial charge in [-0.15, -0.1) is 0 Å². The van der Waals surface area contributed by atoms with Crippen LogP contribution < -0.4 is 72.9 Å². The van der Waals surface area contributed by atoms with Crippen molar-refractivity contribution in [3.05, 3.63) is 345 Å². The lowest BCUT2D eigenvalue weighted by Crippen LogP contribution is -2.52. The summed E-state index contributed by atoms with van der Waals surface area (Å²) in [6.45, 7) is 5.19. The number of hydrogen-bond donors (Lipinski definition) is 10. The van der Waals surface area contributed by atoms with Crippen LogP contribution in [0.25, 0.3) is 66.6 Å². The molecule has 8 aliphatic rings. The molecular weight excluding hydrogens is 1780 g/mol. The quantitative estimate of drug-likeness (QED) is 0.0317. The number of aryl methyl sites for hydroxylation is 2. The van der Waals surface area contributed by atoms with E-state index in [4.69, 9.17) is 30.4 Å². The normalized spacial score (nSPS) is 19.0. The van der Waals surface area contributed by atoms with Gasteiger partial charge in [-0.2, -0.15) is 0 Å². The first kappa shape index (κ1) is 90.9. The van der Waals surface area contributed by atoms with Crippen molar-refractivity contribution in [1.29, 1.82) is 0 Å². The topological polar surface area (TPSA) is 455 Å². The number of ether oxygens (including phenoxy) is 4. The van der Waals surface area contributed by atoms with Crippen LogP contribution >= 0.6 is 0 Å². The van der Waals surface area contributed by atoms with Crippen molar-refractivity contribution in [2.45, 2.75) is 62.2 Å². The molecule has 8 aliphatic heterocycles. The largest absolute Gasteiger partial charge is 0.497 e. The fraction of sp³-hybridized carbons (Fsp3) is 0.170. The molecule has 700 valence electrons. The smallest absolute Gasteiger partial charge is 0.322 e. The van der Waals surface area contributed by atoms with Gasteiger partial charge in [-0.3, -0.25) is 69.6 Å². The summed E-state index contributed by atoms with van der Waals surface area (Å²) >= 11 is 0. The van der Waals surface area contributed by atoms with E-state index in [1.807, 2.05) is 178 Å². The number of fused-ring (bicyclic) bond motifs is 6. The zero-order valence-corrected chi connectivity index (χ0v) is 76.3. The molecule has 10 aromatic carbocycles. The Hall–Kier alpha value is -18.2. The summed E-state index contributed by atoms with van der Waals surface area (Å²) in [5.74, 6) is 0.253. The monoisotopic (exact) mass is 1870 g/mol. The highest BCUT2D eigenvalue weighted by Crippen LogP contribution is 2.42. The highest BCUT2D eigenvalue weighted by molar-refractivity contribution is 6.12. The van der Waals surface area contributed by atoms with Crippen molar-refractivity contribution in [1.82, 2.24) is 82.1 Å². The number of methoxy groups -OCH3 is 4. The number of aromatic nitrogens is 4. The number of imide groups is 4. The molecule has 34 nitrogen and oxygen atoms in total. The molecule has 0 unspecified atom stereocenters. The van der Waals surface area contributed by atoms with E-state index in [1.54, 1.807) is 137 Å². The Kier molecular flexibility index (Phi) is 23.7. The molecule has 14 aromatic rings. The number of nitrogens with one attached hydrogen (secondary N) is 8. The van der Waals surface area contributed by atoms with E-state index in [1.165, 1.54) is 14.2 Å². The van der Waals surface area contributed by atoms with E-state index in [0.29, 0.717) is 105 Å². The number of urea groups is 4. The van der Waals surface area contributed by atoms with Gasteiger partial charge in [0.1, 0.15) is 34.6 Å². The first-order valence-corrected chi connectivity index (χ1v) is 44.5. The van der Waals surface area contributed by atoms with Crippen molar-refractivity contribution in [3.63, 3.8) is 0 Å². The fourth-order valence-electron chi connectivity index (χ4n) is 19.1. The van der Waals surface area contributed by atoms with Crippen LogP contribution in [0.15, 0.2) is 267 Å². The summed E-state index contributed by atoms with van der Waals surface area (Å²) in [7, 11) is 6.17. The Labute approximate surface area is 800 Å². The number of benzene rings is 10. The number of hydrogen-bond acceptors (Lipinski definition) is 22. The van der Waals surface area contributed by atoms with Gasteiger partial charge in [-0.05, 0) is 160 Å². The number of carbonyl (C=O) groups excluding carboxylic acids is 12. The van der Waals surface area contributed by atoms with Crippen LogP contribution in [-0.2, 0) is 67.5 Å². The van der Waals surface area contributed by atoms with Gasteiger partial charge < -0.3 is 71.3 Å². The number of nitrogens with zero attached hydrogens (tertiary/aromatic N) is 8. The maximum Gasteiger partial charge on any atom is 0.322 e. The molecule has 0 radical (unpaired) electrons. The number of anilines is 2. The maximum absolute atomic E-state index is 13.2. The Morgan fingerprint density at radius 2 is 0.614 bits per heavy atom. The number of nitrogen functional groups attached to an aromatic ring is 2. The Balaban J connectivity index is 0.000000119. The van der Waals surface area contributed by atoms with Crippen molar-refractivity contribution >= 4 is 105 Å². The molecule has 0 spiro atoms. The van der Waals surface area contributed by atoms with Crippen LogP contribution in [0.5, 0.6) is 23.0 Å². The third kappa shape index (κ3) is 16.9. The van der Waals surface area contributed by atoms with E-state index >= 15 is 0 Å². The molecule has 12 N–H and O–H groups in total. The van der Waals surface area contributed by atoms with Crippen LogP contribution in [0.4, 0.5) is 30.8 Å². The predicted molar refractivity (Wildman–Crippen MR) is 516 cm³/mol. The standard InChI is InChI=1S/2C28H23N5O4.2C25H22N4O4/c2*1-37-20-11-8-18-14-33(25(34)22(18)13-20)15-28(26(35)31-27(36)32-28)19-9-6-16(7-10-19)24-21-5-3-2-4-17(21)12-23(29)30-24;1-15-9-10-26-21(11-15)16-3-6-18(7-4-16)25(23(31)27-24(32)28-25)14-29-13-17-5-8-19(33-2)12-20(17)22(29)30;1-15-4-3-5-21(26-15)16-6-9-18(10-7-16)25(23(31)27-24(32)28-25)14-29-13-17-8-11-19(33-2)12-20(17)22(29)30/h2*2-13H,14-15H2,1H3,(H2,29,30)(H2,31,32,35,36);2*3-12H,13-14H2,1-2H3,(H2,27,28,31,32)/t2*28-;2*25-/m1000/s1. The molecule has 34 heteroatoms. The molecule has 4 saturated heterocycles. The van der Waals surface area contributed by atoms with Gasteiger partial charge in [-0.25, -0.2) is 29.1 Å². The van der Waals surface area contributed by atoms with Crippen molar-refractivity contribution in [2.24, 2.45) is 0 Å². The molecule has 4 atom stereocenters. The highest BCUT2D eigenvalue weighted by atomic mass is 16.5. The van der Waals surface area contributed by atoms with Gasteiger partial charge in [0.25, 0.3) is 47.3 Å². The van der Waals surface area contributed by atoms with E-state index in [2.05, 4.69) is 62.5 Å². The van der Waals surface area contributed by atoms with E-state index in [-0.39, 0.29) is 49.8 Å². The van der Waals surface area contributed by atoms with Gasteiger partial charge in [0, 0.05) is 93.3 Å². The molecule has 4 fully saturated rings. The fourth-order valence-corrected chi connectivity index (χ4v) is 19.1. The first-order chi connectivity index (χ1) is 67.5. The predicted octanol–water partition coefficient (Wildman–Crippen LogP) is 11.9. The number of amides is 16. The molecule has 16 amide bonds. The zero-order chi connectivity index (χ0) is 97.8. The summed E-state index contributed by atoms with van der Waals surface area (Å²) in [4.78, 5) is 178. The van der Waals surface area contributed by atoms with E-state index < -0.39 is 69.9 Å². The summed E-state index contributed by atoms with van der Waals surface area (Å²) in [5.41, 5.74) is 22.6. The van der Waals surface area contributed by atoms with Gasteiger partial charge in [0.2, 0.25) is 0 Å². The SMILES string of the molecule is COc1ccc2c(c1)C(=O)N(C[C@@]1(c3ccc(-c4cc(C)ccn4)cc3)NC(=O)NC1=O)C2.COc1ccc2c(c1)C(=O)N(C[C@@]1(c3ccc(-c4cccc(C)n4)cc3)NC(=O)NC1=O)C2.COc1ccc2c(c1)C(=O)N(C[C@@]1(c3ccc(-c4nc(N)cc5ccccc45)cc3)NC(=O)NC1=O)C2.COc1ccc2c(c1)C(=O)N(C[C@]1(c3ccc(-c4nc(N)cc5ccccc45)cc3)NC(=O)NC1=O)C2. The van der Waals surface area contributed by atoms with E-state index in [0.717, 1.165) is 100 Å². The van der Waals surface area contributed by atoms with Gasteiger partial charge in [-0.1, -0.05) is 176 Å². The third-order valence-electron chi connectivity index (χ3n) is 26.2. The van der Waals surface area contributed by atoms with Crippen LogP contribution in [0.2, 0.25) is 0 Å². The summed E-state index contributed by atoms with van der Waals surface area (Å²) in [6, 6.07) is 77.0. The molecule has 0 saturated carbocycles. The Bertz CT molecular complexity index is 7090. The summed E-state index contributed by atoms with van der Waals surface area (Å²) < 4.78 is 21.0. The van der Waals surface area contributed by atoms with Crippen molar-refractivity contribution < 1.29 is 76.5 Å². The molecule has 12 heterocycles. The second-order valence-electron chi connectivity index (χ2n) is 34.9. The molecule has 0 aliphatic carbocycles. The number of nitrogens with two attached hydrogens (primary N) is 2. The van der Waals surface area contributed by atoms with Crippen LogP contribution in [0.1, 0.15) is 97.2 Å².